The molecule has 0 spiro atoms. The summed E-state index contributed by atoms with van der Waals surface area (Å²) in [5.74, 6) is 0.0433. The highest BCUT2D eigenvalue weighted by Gasteiger charge is 2.07. The van der Waals surface area contributed by atoms with Gasteiger partial charge in [0.25, 0.3) is 0 Å². The SMILES string of the molecule is O=C(Cc1ccccn1)c1ccnc(Br)c1. The second-order valence-electron chi connectivity index (χ2n) is 3.29. The zero-order valence-electron chi connectivity index (χ0n) is 8.43. The van der Waals surface area contributed by atoms with E-state index in [1.54, 1.807) is 24.5 Å². The number of carbonyl (C=O) groups is 1. The van der Waals surface area contributed by atoms with Crippen LogP contribution in [-0.4, -0.2) is 15.8 Å². The minimum Gasteiger partial charge on any atom is -0.294 e. The first-order valence-electron chi connectivity index (χ1n) is 4.80. The molecule has 0 amide bonds. The number of halogens is 1. The molecule has 2 heterocycles. The van der Waals surface area contributed by atoms with Gasteiger partial charge in [0.2, 0.25) is 0 Å². The number of hydrogen-bond acceptors (Lipinski definition) is 3. The van der Waals surface area contributed by atoms with Crippen LogP contribution >= 0.6 is 15.9 Å². The highest BCUT2D eigenvalue weighted by Crippen LogP contribution is 2.10. The van der Waals surface area contributed by atoms with Gasteiger partial charge < -0.3 is 0 Å². The lowest BCUT2D eigenvalue weighted by molar-refractivity contribution is 0.0992. The van der Waals surface area contributed by atoms with Gasteiger partial charge >= 0.3 is 0 Å². The van der Waals surface area contributed by atoms with Crippen molar-refractivity contribution in [2.75, 3.05) is 0 Å². The van der Waals surface area contributed by atoms with Crippen molar-refractivity contribution in [2.24, 2.45) is 0 Å². The summed E-state index contributed by atoms with van der Waals surface area (Å²) in [5.41, 5.74) is 1.42. The topological polar surface area (TPSA) is 42.9 Å². The molecule has 0 radical (unpaired) electrons. The van der Waals surface area contributed by atoms with E-state index in [2.05, 4.69) is 25.9 Å². The lowest BCUT2D eigenvalue weighted by Gasteiger charge is -2.00. The summed E-state index contributed by atoms with van der Waals surface area (Å²) in [7, 11) is 0. The van der Waals surface area contributed by atoms with Crippen LogP contribution in [0.25, 0.3) is 0 Å². The molecule has 0 saturated heterocycles. The summed E-state index contributed by atoms with van der Waals surface area (Å²) in [4.78, 5) is 20.0. The van der Waals surface area contributed by atoms with Crippen molar-refractivity contribution in [1.29, 1.82) is 0 Å². The Hall–Kier alpha value is -1.55. The molecule has 0 aliphatic heterocycles. The molecule has 0 aliphatic rings. The Labute approximate surface area is 102 Å². The molecule has 2 aromatic heterocycles. The van der Waals surface area contributed by atoms with Gasteiger partial charge in [0, 0.05) is 23.7 Å². The Morgan fingerprint density at radius 1 is 1.19 bits per heavy atom. The number of ketones is 1. The molecule has 0 saturated carbocycles. The van der Waals surface area contributed by atoms with Crippen LogP contribution in [0.15, 0.2) is 47.3 Å². The normalized spacial score (nSPS) is 10.1. The van der Waals surface area contributed by atoms with E-state index in [0.717, 1.165) is 5.69 Å². The van der Waals surface area contributed by atoms with Crippen LogP contribution in [-0.2, 0) is 6.42 Å². The van der Waals surface area contributed by atoms with Gasteiger partial charge in [0.05, 0.1) is 6.42 Å². The number of rotatable bonds is 3. The van der Waals surface area contributed by atoms with Gasteiger partial charge in [0.1, 0.15) is 4.60 Å². The van der Waals surface area contributed by atoms with Crippen molar-refractivity contribution in [3.63, 3.8) is 0 Å². The molecule has 0 N–H and O–H groups in total. The van der Waals surface area contributed by atoms with Crippen molar-refractivity contribution in [3.8, 4) is 0 Å². The molecule has 3 nitrogen and oxygen atoms in total. The van der Waals surface area contributed by atoms with E-state index in [4.69, 9.17) is 0 Å². The van der Waals surface area contributed by atoms with E-state index < -0.39 is 0 Å². The first-order valence-corrected chi connectivity index (χ1v) is 5.59. The third-order valence-corrected chi connectivity index (χ3v) is 2.55. The number of hydrogen-bond donors (Lipinski definition) is 0. The van der Waals surface area contributed by atoms with Crippen molar-refractivity contribution >= 4 is 21.7 Å². The zero-order valence-corrected chi connectivity index (χ0v) is 10.0. The van der Waals surface area contributed by atoms with Crippen LogP contribution in [0.2, 0.25) is 0 Å². The first-order chi connectivity index (χ1) is 7.75. The van der Waals surface area contributed by atoms with Gasteiger partial charge in [0.15, 0.2) is 5.78 Å². The molecular formula is C12H9BrN2O. The summed E-state index contributed by atoms with van der Waals surface area (Å²) in [6, 6.07) is 8.96. The minimum absolute atomic E-state index is 0.0433. The first kappa shape index (κ1) is 11.0. The van der Waals surface area contributed by atoms with Gasteiger partial charge in [-0.05, 0) is 40.2 Å². The summed E-state index contributed by atoms with van der Waals surface area (Å²) < 4.78 is 0.666. The van der Waals surface area contributed by atoms with Gasteiger partial charge in [-0.15, -0.1) is 0 Å². The molecule has 0 aromatic carbocycles. The minimum atomic E-state index is 0.0433. The van der Waals surface area contributed by atoms with E-state index in [-0.39, 0.29) is 5.78 Å². The third kappa shape index (κ3) is 2.73. The average molecular weight is 277 g/mol. The van der Waals surface area contributed by atoms with Gasteiger partial charge in [-0.3, -0.25) is 9.78 Å². The standard InChI is InChI=1S/C12H9BrN2O/c13-12-7-9(4-6-15-12)11(16)8-10-3-1-2-5-14-10/h1-7H,8H2. The average Bonchev–Trinajstić information content (AvgIpc) is 2.30. The number of pyridine rings is 2. The van der Waals surface area contributed by atoms with Gasteiger partial charge in [-0.25, -0.2) is 4.98 Å². The summed E-state index contributed by atoms with van der Waals surface area (Å²) in [6.07, 6.45) is 3.61. The highest BCUT2D eigenvalue weighted by atomic mass is 79.9. The maximum Gasteiger partial charge on any atom is 0.168 e. The highest BCUT2D eigenvalue weighted by molar-refractivity contribution is 9.10. The van der Waals surface area contributed by atoms with Crippen LogP contribution in [0.4, 0.5) is 0 Å². The molecule has 2 aromatic rings. The Morgan fingerprint density at radius 3 is 2.75 bits per heavy atom. The van der Waals surface area contributed by atoms with Crippen molar-refractivity contribution in [2.45, 2.75) is 6.42 Å². The van der Waals surface area contributed by atoms with Gasteiger partial charge in [-0.2, -0.15) is 0 Å². The molecule has 4 heteroatoms. The molecule has 0 unspecified atom stereocenters. The Morgan fingerprint density at radius 2 is 2.06 bits per heavy atom. The maximum absolute atomic E-state index is 11.9. The zero-order chi connectivity index (χ0) is 11.4. The molecule has 2 rings (SSSR count). The van der Waals surface area contributed by atoms with Gasteiger partial charge in [-0.1, -0.05) is 6.07 Å². The maximum atomic E-state index is 11.9. The lowest BCUT2D eigenvalue weighted by atomic mass is 10.1. The van der Waals surface area contributed by atoms with Crippen LogP contribution < -0.4 is 0 Å². The molecule has 0 aliphatic carbocycles. The predicted molar refractivity (Wildman–Crippen MR) is 64.2 cm³/mol. The van der Waals surface area contributed by atoms with Crippen LogP contribution in [0.3, 0.4) is 0 Å². The van der Waals surface area contributed by atoms with Crippen molar-refractivity contribution < 1.29 is 4.79 Å². The monoisotopic (exact) mass is 276 g/mol. The fourth-order valence-corrected chi connectivity index (χ4v) is 1.71. The third-order valence-electron chi connectivity index (χ3n) is 2.12. The Bertz CT molecular complexity index is 499. The smallest absolute Gasteiger partial charge is 0.168 e. The lowest BCUT2D eigenvalue weighted by Crippen LogP contribution is -2.05. The quantitative estimate of drug-likeness (QED) is 0.640. The number of carbonyl (C=O) groups excluding carboxylic acids is 1. The van der Waals surface area contributed by atoms with Crippen molar-refractivity contribution in [1.82, 2.24) is 9.97 Å². The second-order valence-corrected chi connectivity index (χ2v) is 4.10. The second kappa shape index (κ2) is 4.99. The largest absolute Gasteiger partial charge is 0.294 e. The van der Waals surface area contributed by atoms with Crippen LogP contribution in [0.1, 0.15) is 16.1 Å². The predicted octanol–water partition coefficient (Wildman–Crippen LogP) is 2.66. The number of aromatic nitrogens is 2. The van der Waals surface area contributed by atoms with Crippen LogP contribution in [0, 0.1) is 0 Å². The number of Topliss-reactive ketones (excluding diaryl/α,β-unsaturated/α-hetero) is 1. The summed E-state index contributed by atoms with van der Waals surface area (Å²) in [6.45, 7) is 0. The fourth-order valence-electron chi connectivity index (χ4n) is 1.35. The van der Waals surface area contributed by atoms with E-state index >= 15 is 0 Å². The summed E-state index contributed by atoms with van der Waals surface area (Å²) >= 11 is 3.24. The molecular weight excluding hydrogens is 268 g/mol. The van der Waals surface area contributed by atoms with Crippen molar-refractivity contribution in [3.05, 3.63) is 58.6 Å². The molecule has 80 valence electrons. The van der Waals surface area contributed by atoms with E-state index in [1.807, 2.05) is 18.2 Å². The van der Waals surface area contributed by atoms with E-state index in [1.165, 1.54) is 0 Å². The Balaban J connectivity index is 2.15. The van der Waals surface area contributed by atoms with E-state index in [9.17, 15) is 4.79 Å². The molecule has 0 atom stereocenters. The van der Waals surface area contributed by atoms with Crippen LogP contribution in [0.5, 0.6) is 0 Å². The molecule has 0 fully saturated rings. The summed E-state index contributed by atoms with van der Waals surface area (Å²) in [5, 5.41) is 0. The number of nitrogens with zero attached hydrogens (tertiary/aromatic N) is 2. The molecule has 0 bridgehead atoms. The Kier molecular flexibility index (Phi) is 3.41. The fraction of sp³-hybridized carbons (Fsp3) is 0.0833. The van der Waals surface area contributed by atoms with E-state index in [0.29, 0.717) is 16.6 Å². The molecule has 16 heavy (non-hydrogen) atoms.